The third-order valence-electron chi connectivity index (χ3n) is 5.89. The lowest BCUT2D eigenvalue weighted by Gasteiger charge is -2.37. The van der Waals surface area contributed by atoms with Crippen LogP contribution in [-0.2, 0) is 4.74 Å². The van der Waals surface area contributed by atoms with E-state index in [0.29, 0.717) is 12.2 Å². The van der Waals surface area contributed by atoms with Crippen LogP contribution in [0.4, 0.5) is 0 Å². The van der Waals surface area contributed by atoms with Gasteiger partial charge in [-0.25, -0.2) is 0 Å². The first kappa shape index (κ1) is 12.9. The molecular formula is C19H26O. The smallest absolute Gasteiger partial charge is 0.0844 e. The van der Waals surface area contributed by atoms with Gasteiger partial charge in [0.15, 0.2) is 0 Å². The fraction of sp³-hybridized carbons (Fsp3) is 0.684. The van der Waals surface area contributed by atoms with Crippen molar-refractivity contribution in [1.29, 1.82) is 0 Å². The van der Waals surface area contributed by atoms with Crippen LogP contribution in [0.3, 0.4) is 0 Å². The molecule has 1 aliphatic heterocycles. The maximum atomic E-state index is 5.78. The summed E-state index contributed by atoms with van der Waals surface area (Å²) < 4.78 is 5.78. The number of epoxide rings is 1. The molecule has 0 aromatic heterocycles. The molecule has 4 rings (SSSR count). The highest BCUT2D eigenvalue weighted by Crippen LogP contribution is 2.49. The van der Waals surface area contributed by atoms with Gasteiger partial charge in [-0.15, -0.1) is 0 Å². The first-order valence-corrected chi connectivity index (χ1v) is 8.62. The molecule has 0 spiro atoms. The van der Waals surface area contributed by atoms with Crippen LogP contribution in [0, 0.1) is 11.8 Å². The maximum absolute atomic E-state index is 5.78. The van der Waals surface area contributed by atoms with Gasteiger partial charge in [0.1, 0.15) is 0 Å². The SMILES string of the molecule is c1ccc(C(C2CCCCC2)C2CCC3OC3C2)cc1. The Labute approximate surface area is 122 Å². The molecule has 20 heavy (non-hydrogen) atoms. The lowest BCUT2D eigenvalue weighted by Crippen LogP contribution is -2.27. The molecule has 1 aromatic carbocycles. The fourth-order valence-corrected chi connectivity index (χ4v) is 4.86. The summed E-state index contributed by atoms with van der Waals surface area (Å²) in [5.41, 5.74) is 1.60. The van der Waals surface area contributed by atoms with Crippen LogP contribution in [0.5, 0.6) is 0 Å². The predicted molar refractivity (Wildman–Crippen MR) is 81.8 cm³/mol. The number of fused-ring (bicyclic) bond motifs is 1. The highest BCUT2D eigenvalue weighted by atomic mass is 16.6. The number of rotatable bonds is 3. The molecule has 3 fully saturated rings. The average Bonchev–Trinajstić information content (AvgIpc) is 3.28. The summed E-state index contributed by atoms with van der Waals surface area (Å²) >= 11 is 0. The van der Waals surface area contributed by atoms with E-state index in [1.165, 1.54) is 51.4 Å². The summed E-state index contributed by atoms with van der Waals surface area (Å²) in [6, 6.07) is 11.4. The highest BCUT2D eigenvalue weighted by Gasteiger charge is 2.46. The number of benzene rings is 1. The zero-order valence-corrected chi connectivity index (χ0v) is 12.3. The molecule has 0 amide bonds. The van der Waals surface area contributed by atoms with E-state index in [1.807, 2.05) is 0 Å². The van der Waals surface area contributed by atoms with Gasteiger partial charge in [0, 0.05) is 0 Å². The Bertz CT molecular complexity index is 434. The maximum Gasteiger partial charge on any atom is 0.0844 e. The second-order valence-corrected chi connectivity index (χ2v) is 7.12. The van der Waals surface area contributed by atoms with E-state index in [1.54, 1.807) is 5.56 Å². The van der Waals surface area contributed by atoms with Gasteiger partial charge in [0.2, 0.25) is 0 Å². The minimum Gasteiger partial charge on any atom is -0.370 e. The van der Waals surface area contributed by atoms with Gasteiger partial charge in [-0.2, -0.15) is 0 Å². The molecule has 0 radical (unpaired) electrons. The van der Waals surface area contributed by atoms with Crippen molar-refractivity contribution in [3.8, 4) is 0 Å². The van der Waals surface area contributed by atoms with E-state index >= 15 is 0 Å². The van der Waals surface area contributed by atoms with Crippen molar-refractivity contribution in [2.24, 2.45) is 11.8 Å². The molecule has 2 saturated carbocycles. The van der Waals surface area contributed by atoms with Crippen LogP contribution in [0.15, 0.2) is 30.3 Å². The van der Waals surface area contributed by atoms with Crippen molar-refractivity contribution in [2.45, 2.75) is 69.5 Å². The number of hydrogen-bond donors (Lipinski definition) is 0. The quantitative estimate of drug-likeness (QED) is 0.710. The van der Waals surface area contributed by atoms with Crippen molar-refractivity contribution in [3.05, 3.63) is 35.9 Å². The Hall–Kier alpha value is -0.820. The molecule has 0 bridgehead atoms. The van der Waals surface area contributed by atoms with Gasteiger partial charge < -0.3 is 4.74 Å². The van der Waals surface area contributed by atoms with Crippen LogP contribution >= 0.6 is 0 Å². The normalized spacial score (nSPS) is 35.3. The summed E-state index contributed by atoms with van der Waals surface area (Å²) in [5.74, 6) is 2.58. The topological polar surface area (TPSA) is 12.5 Å². The Morgan fingerprint density at radius 2 is 1.60 bits per heavy atom. The molecule has 0 N–H and O–H groups in total. The van der Waals surface area contributed by atoms with Crippen LogP contribution in [0.25, 0.3) is 0 Å². The largest absolute Gasteiger partial charge is 0.370 e. The van der Waals surface area contributed by atoms with Crippen LogP contribution in [0.1, 0.15) is 62.8 Å². The summed E-state index contributed by atoms with van der Waals surface area (Å²) in [6.45, 7) is 0. The summed E-state index contributed by atoms with van der Waals surface area (Å²) in [5, 5.41) is 0. The first-order valence-electron chi connectivity index (χ1n) is 8.62. The Morgan fingerprint density at radius 3 is 2.35 bits per heavy atom. The molecule has 1 saturated heterocycles. The van der Waals surface area contributed by atoms with Gasteiger partial charge >= 0.3 is 0 Å². The zero-order valence-electron chi connectivity index (χ0n) is 12.3. The van der Waals surface area contributed by atoms with Crippen molar-refractivity contribution in [3.63, 3.8) is 0 Å². The molecule has 108 valence electrons. The van der Waals surface area contributed by atoms with E-state index in [4.69, 9.17) is 4.74 Å². The van der Waals surface area contributed by atoms with Crippen molar-refractivity contribution >= 4 is 0 Å². The van der Waals surface area contributed by atoms with Crippen molar-refractivity contribution < 1.29 is 4.74 Å². The van der Waals surface area contributed by atoms with E-state index in [0.717, 1.165) is 17.8 Å². The Balaban J connectivity index is 1.58. The van der Waals surface area contributed by atoms with Gasteiger partial charge in [-0.05, 0) is 55.4 Å². The minimum atomic E-state index is 0.614. The van der Waals surface area contributed by atoms with Gasteiger partial charge in [-0.1, -0.05) is 49.6 Å². The molecule has 4 atom stereocenters. The molecule has 1 aromatic rings. The van der Waals surface area contributed by atoms with Gasteiger partial charge in [-0.3, -0.25) is 0 Å². The zero-order chi connectivity index (χ0) is 13.4. The van der Waals surface area contributed by atoms with E-state index in [9.17, 15) is 0 Å². The van der Waals surface area contributed by atoms with E-state index < -0.39 is 0 Å². The second-order valence-electron chi connectivity index (χ2n) is 7.12. The number of ether oxygens (including phenoxy) is 1. The molecule has 3 aliphatic rings. The van der Waals surface area contributed by atoms with E-state index in [-0.39, 0.29) is 0 Å². The lowest BCUT2D eigenvalue weighted by atomic mass is 9.67. The predicted octanol–water partition coefficient (Wildman–Crippen LogP) is 4.92. The van der Waals surface area contributed by atoms with Gasteiger partial charge in [0.25, 0.3) is 0 Å². The molecule has 4 unspecified atom stereocenters. The Kier molecular flexibility index (Phi) is 3.56. The summed E-state index contributed by atoms with van der Waals surface area (Å²) in [4.78, 5) is 0. The molecular weight excluding hydrogens is 244 g/mol. The number of hydrogen-bond acceptors (Lipinski definition) is 1. The lowest BCUT2D eigenvalue weighted by molar-refractivity contribution is 0.210. The third-order valence-corrected chi connectivity index (χ3v) is 5.89. The molecule has 1 heterocycles. The molecule has 2 aliphatic carbocycles. The average molecular weight is 270 g/mol. The minimum absolute atomic E-state index is 0.614. The monoisotopic (exact) mass is 270 g/mol. The van der Waals surface area contributed by atoms with Crippen LogP contribution in [-0.4, -0.2) is 12.2 Å². The van der Waals surface area contributed by atoms with Crippen LogP contribution in [0.2, 0.25) is 0 Å². The molecule has 1 nitrogen and oxygen atoms in total. The van der Waals surface area contributed by atoms with Gasteiger partial charge in [0.05, 0.1) is 12.2 Å². The summed E-state index contributed by atoms with van der Waals surface area (Å²) in [7, 11) is 0. The van der Waals surface area contributed by atoms with Crippen molar-refractivity contribution in [1.82, 2.24) is 0 Å². The first-order chi connectivity index (χ1) is 9.92. The van der Waals surface area contributed by atoms with E-state index in [2.05, 4.69) is 30.3 Å². The third kappa shape index (κ3) is 2.53. The van der Waals surface area contributed by atoms with Crippen LogP contribution < -0.4 is 0 Å². The fourth-order valence-electron chi connectivity index (χ4n) is 4.86. The second kappa shape index (κ2) is 5.52. The standard InChI is InChI=1S/C19H26O/c1-3-7-14(8-4-1)19(15-9-5-2-6-10-15)16-11-12-17-18(13-16)20-17/h1,3-4,7-8,15-19H,2,5-6,9-13H2. The highest BCUT2D eigenvalue weighted by molar-refractivity contribution is 5.22. The summed E-state index contributed by atoms with van der Waals surface area (Å²) in [6.07, 6.45) is 12.5. The van der Waals surface area contributed by atoms with Crippen molar-refractivity contribution in [2.75, 3.05) is 0 Å². The molecule has 1 heteroatoms. The Morgan fingerprint density at radius 1 is 0.800 bits per heavy atom.